The van der Waals surface area contributed by atoms with Gasteiger partial charge in [-0.25, -0.2) is 9.78 Å². The third-order valence-electron chi connectivity index (χ3n) is 2.50. The molecule has 0 aliphatic heterocycles. The van der Waals surface area contributed by atoms with Crippen LogP contribution in [0.15, 0.2) is 21.2 Å². The van der Waals surface area contributed by atoms with Crippen LogP contribution in [0.1, 0.15) is 24.4 Å². The zero-order chi connectivity index (χ0) is 13.3. The van der Waals surface area contributed by atoms with E-state index in [0.29, 0.717) is 11.4 Å². The zero-order valence-corrected chi connectivity index (χ0v) is 10.2. The van der Waals surface area contributed by atoms with E-state index in [0.717, 1.165) is 4.57 Å². The SMILES string of the molecule is CCC(c1nccs1)n1c(O)c(F)c(=O)[nH]c1=O. The van der Waals surface area contributed by atoms with Crippen LogP contribution in [-0.2, 0) is 0 Å². The summed E-state index contributed by atoms with van der Waals surface area (Å²) in [6, 6.07) is -0.608. The normalized spacial score (nSPS) is 12.6. The number of nitrogens with one attached hydrogen (secondary N) is 1. The van der Waals surface area contributed by atoms with E-state index in [-0.39, 0.29) is 0 Å². The fourth-order valence-electron chi connectivity index (χ4n) is 1.67. The van der Waals surface area contributed by atoms with E-state index in [2.05, 4.69) is 4.98 Å². The Morgan fingerprint density at radius 3 is 2.89 bits per heavy atom. The van der Waals surface area contributed by atoms with Crippen LogP contribution >= 0.6 is 11.3 Å². The molecule has 0 saturated heterocycles. The highest BCUT2D eigenvalue weighted by atomic mass is 32.1. The highest BCUT2D eigenvalue weighted by molar-refractivity contribution is 7.09. The summed E-state index contributed by atoms with van der Waals surface area (Å²) in [5.41, 5.74) is -2.09. The number of nitrogens with zero attached hydrogens (tertiary/aromatic N) is 2. The summed E-state index contributed by atoms with van der Waals surface area (Å²) in [5, 5.41) is 11.9. The van der Waals surface area contributed by atoms with Crippen molar-refractivity contribution in [3.05, 3.63) is 43.2 Å². The fraction of sp³-hybridized carbons (Fsp3) is 0.300. The molecule has 6 nitrogen and oxygen atoms in total. The monoisotopic (exact) mass is 271 g/mol. The van der Waals surface area contributed by atoms with Crippen molar-refractivity contribution in [1.29, 1.82) is 0 Å². The molecular formula is C10H10FN3O3S. The van der Waals surface area contributed by atoms with Gasteiger partial charge in [-0.2, -0.15) is 4.39 Å². The molecule has 0 spiro atoms. The molecule has 1 atom stereocenters. The number of aromatic amines is 1. The average molecular weight is 271 g/mol. The Labute approximate surface area is 104 Å². The Kier molecular flexibility index (Phi) is 3.28. The van der Waals surface area contributed by atoms with Crippen molar-refractivity contribution < 1.29 is 9.50 Å². The Balaban J connectivity index is 2.67. The number of aromatic hydroxyl groups is 1. The lowest BCUT2D eigenvalue weighted by Crippen LogP contribution is -2.34. The molecule has 0 amide bonds. The topological polar surface area (TPSA) is 88.0 Å². The molecule has 0 saturated carbocycles. The first-order chi connectivity index (χ1) is 8.56. The number of thiazole rings is 1. The van der Waals surface area contributed by atoms with Gasteiger partial charge in [0.1, 0.15) is 5.01 Å². The van der Waals surface area contributed by atoms with E-state index >= 15 is 0 Å². The lowest BCUT2D eigenvalue weighted by atomic mass is 10.2. The van der Waals surface area contributed by atoms with E-state index in [1.807, 2.05) is 4.98 Å². The summed E-state index contributed by atoms with van der Waals surface area (Å²) < 4.78 is 14.1. The minimum absolute atomic E-state index is 0.423. The number of hydrogen-bond acceptors (Lipinski definition) is 5. The smallest absolute Gasteiger partial charge is 0.331 e. The van der Waals surface area contributed by atoms with Gasteiger partial charge < -0.3 is 5.11 Å². The molecule has 18 heavy (non-hydrogen) atoms. The van der Waals surface area contributed by atoms with Crippen molar-refractivity contribution in [2.24, 2.45) is 0 Å². The van der Waals surface area contributed by atoms with Crippen LogP contribution in [0.4, 0.5) is 4.39 Å². The van der Waals surface area contributed by atoms with Crippen LogP contribution in [0.3, 0.4) is 0 Å². The van der Waals surface area contributed by atoms with Gasteiger partial charge in [-0.1, -0.05) is 6.92 Å². The van der Waals surface area contributed by atoms with Crippen LogP contribution in [0, 0.1) is 5.82 Å². The van der Waals surface area contributed by atoms with Gasteiger partial charge in [-0.3, -0.25) is 14.3 Å². The van der Waals surface area contributed by atoms with Gasteiger partial charge in [0, 0.05) is 11.6 Å². The number of aromatic nitrogens is 3. The number of halogens is 1. The molecule has 8 heteroatoms. The largest absolute Gasteiger partial charge is 0.492 e. The predicted octanol–water partition coefficient (Wildman–Crippen LogP) is 0.837. The predicted molar refractivity (Wildman–Crippen MR) is 63.5 cm³/mol. The molecule has 0 bridgehead atoms. The van der Waals surface area contributed by atoms with E-state index in [9.17, 15) is 19.1 Å². The van der Waals surface area contributed by atoms with Crippen LogP contribution < -0.4 is 11.2 Å². The second-order valence-electron chi connectivity index (χ2n) is 3.56. The van der Waals surface area contributed by atoms with Crippen LogP contribution in [0.25, 0.3) is 0 Å². The minimum atomic E-state index is -1.37. The second-order valence-corrected chi connectivity index (χ2v) is 4.49. The molecule has 2 N–H and O–H groups in total. The third kappa shape index (κ3) is 1.94. The molecule has 2 aromatic rings. The Morgan fingerprint density at radius 1 is 1.61 bits per heavy atom. The van der Waals surface area contributed by atoms with E-state index in [1.54, 1.807) is 18.5 Å². The molecule has 0 fully saturated rings. The molecular weight excluding hydrogens is 261 g/mol. The molecule has 1 unspecified atom stereocenters. The van der Waals surface area contributed by atoms with Crippen LogP contribution in [0.2, 0.25) is 0 Å². The fourth-order valence-corrected chi connectivity index (χ4v) is 2.48. The van der Waals surface area contributed by atoms with Crippen molar-refractivity contribution >= 4 is 11.3 Å². The lowest BCUT2D eigenvalue weighted by molar-refractivity contribution is 0.342. The molecule has 2 heterocycles. The maximum Gasteiger partial charge on any atom is 0.331 e. The summed E-state index contributed by atoms with van der Waals surface area (Å²) in [6.07, 6.45) is 1.97. The van der Waals surface area contributed by atoms with Gasteiger partial charge in [0.15, 0.2) is 0 Å². The molecule has 0 aromatic carbocycles. The molecule has 2 rings (SSSR count). The number of rotatable bonds is 3. The first-order valence-electron chi connectivity index (χ1n) is 5.19. The van der Waals surface area contributed by atoms with Crippen molar-refractivity contribution in [3.63, 3.8) is 0 Å². The van der Waals surface area contributed by atoms with E-state index in [1.165, 1.54) is 11.3 Å². The van der Waals surface area contributed by atoms with Crippen molar-refractivity contribution in [2.75, 3.05) is 0 Å². The molecule has 0 radical (unpaired) electrons. The lowest BCUT2D eigenvalue weighted by Gasteiger charge is -2.16. The zero-order valence-electron chi connectivity index (χ0n) is 9.38. The molecule has 96 valence electrons. The Morgan fingerprint density at radius 2 is 2.33 bits per heavy atom. The molecule has 2 aromatic heterocycles. The Bertz CT molecular complexity index is 662. The first-order valence-corrected chi connectivity index (χ1v) is 6.06. The standard InChI is InChI=1S/C10H10FN3O3S/c1-2-5(8-12-3-4-18-8)14-9(16)6(11)7(15)13-10(14)17/h3-5,16H,2H2,1H3,(H,13,15,17). The van der Waals surface area contributed by atoms with Gasteiger partial charge >= 0.3 is 5.69 Å². The van der Waals surface area contributed by atoms with Gasteiger partial charge in [-0.15, -0.1) is 11.3 Å². The van der Waals surface area contributed by atoms with E-state index in [4.69, 9.17) is 0 Å². The maximum absolute atomic E-state index is 13.3. The second kappa shape index (κ2) is 4.73. The van der Waals surface area contributed by atoms with Crippen molar-refractivity contribution in [2.45, 2.75) is 19.4 Å². The maximum atomic E-state index is 13.3. The third-order valence-corrected chi connectivity index (χ3v) is 3.37. The molecule has 0 aliphatic rings. The van der Waals surface area contributed by atoms with Gasteiger partial charge in [0.25, 0.3) is 5.56 Å². The highest BCUT2D eigenvalue weighted by Crippen LogP contribution is 2.26. The quantitative estimate of drug-likeness (QED) is 0.865. The minimum Gasteiger partial charge on any atom is -0.492 e. The van der Waals surface area contributed by atoms with E-state index < -0.39 is 29.0 Å². The summed E-state index contributed by atoms with van der Waals surface area (Å²) in [7, 11) is 0. The van der Waals surface area contributed by atoms with Gasteiger partial charge in [-0.05, 0) is 6.42 Å². The van der Waals surface area contributed by atoms with Crippen molar-refractivity contribution in [3.8, 4) is 5.88 Å². The summed E-state index contributed by atoms with van der Waals surface area (Å²) >= 11 is 1.28. The highest BCUT2D eigenvalue weighted by Gasteiger charge is 2.22. The Hall–Kier alpha value is -1.96. The van der Waals surface area contributed by atoms with Gasteiger partial charge in [0.05, 0.1) is 6.04 Å². The average Bonchev–Trinajstić information content (AvgIpc) is 2.85. The first kappa shape index (κ1) is 12.5. The molecule has 0 aliphatic carbocycles. The number of hydrogen-bond donors (Lipinski definition) is 2. The number of H-pyrrole nitrogens is 1. The van der Waals surface area contributed by atoms with Crippen LogP contribution in [0.5, 0.6) is 5.88 Å². The van der Waals surface area contributed by atoms with Crippen LogP contribution in [-0.4, -0.2) is 19.6 Å². The summed E-state index contributed by atoms with van der Waals surface area (Å²) in [4.78, 5) is 28.5. The summed E-state index contributed by atoms with van der Waals surface area (Å²) in [5.74, 6) is -2.34. The van der Waals surface area contributed by atoms with Crippen molar-refractivity contribution in [1.82, 2.24) is 14.5 Å². The van der Waals surface area contributed by atoms with Gasteiger partial charge in [0.2, 0.25) is 11.7 Å². The summed E-state index contributed by atoms with van der Waals surface area (Å²) in [6.45, 7) is 1.76.